The molecule has 0 saturated heterocycles. The van der Waals surface area contributed by atoms with Crippen molar-refractivity contribution in [2.24, 2.45) is 0 Å². The molecule has 0 atom stereocenters. The molecule has 0 bridgehead atoms. The van der Waals surface area contributed by atoms with Gasteiger partial charge in [0.2, 0.25) is 5.69 Å². The van der Waals surface area contributed by atoms with Crippen LogP contribution in [0.3, 0.4) is 0 Å². The number of thiophene rings is 1. The highest BCUT2D eigenvalue weighted by molar-refractivity contribution is 7.17. The van der Waals surface area contributed by atoms with E-state index in [1.54, 1.807) is 18.2 Å². The topological polar surface area (TPSA) is 65.1 Å². The van der Waals surface area contributed by atoms with Crippen molar-refractivity contribution in [1.29, 1.82) is 0 Å². The predicted molar refractivity (Wildman–Crippen MR) is 83.3 cm³/mol. The number of aliphatic hydroxyl groups excluding tert-OH is 1. The summed E-state index contributed by atoms with van der Waals surface area (Å²) in [6, 6.07) is 8.72. The Hall–Kier alpha value is -2.36. The first-order valence-corrected chi connectivity index (χ1v) is 7.05. The number of aromatic carboxylic acids is 1. The van der Waals surface area contributed by atoms with Crippen LogP contribution in [0.5, 0.6) is 0 Å². The first-order chi connectivity index (χ1) is 10.1. The number of nitrogens with zero attached hydrogens (tertiary/aromatic N) is 2. The second-order valence-corrected chi connectivity index (χ2v) is 5.51. The fourth-order valence-corrected chi connectivity index (χ4v) is 2.81. The van der Waals surface area contributed by atoms with Crippen LogP contribution < -0.4 is 4.90 Å². The quantitative estimate of drug-likeness (QED) is 0.833. The molecule has 1 heterocycles. The number of hydrogen-bond donors (Lipinski definition) is 2. The molecule has 1 aromatic heterocycles. The lowest BCUT2D eigenvalue weighted by Gasteiger charge is -2.19. The maximum Gasteiger partial charge on any atom is 0.345 e. The van der Waals surface area contributed by atoms with E-state index in [2.05, 4.69) is 4.85 Å². The van der Waals surface area contributed by atoms with E-state index in [1.165, 1.54) is 11.3 Å². The molecule has 2 aromatic rings. The molecule has 0 unspecified atom stereocenters. The summed E-state index contributed by atoms with van der Waals surface area (Å²) in [6.07, 6.45) is 0. The molecule has 0 aliphatic carbocycles. The summed E-state index contributed by atoms with van der Waals surface area (Å²) in [4.78, 5) is 17.3. The third kappa shape index (κ3) is 3.21. The molecule has 0 aliphatic rings. The molecule has 0 saturated carbocycles. The van der Waals surface area contributed by atoms with Crippen LogP contribution in [0.2, 0.25) is 0 Å². The van der Waals surface area contributed by atoms with E-state index in [9.17, 15) is 4.79 Å². The molecule has 6 heteroatoms. The molecular formula is C15H14N2O3S. The molecule has 1 aromatic carbocycles. The average molecular weight is 302 g/mol. The van der Waals surface area contributed by atoms with Gasteiger partial charge in [0.05, 0.1) is 13.2 Å². The van der Waals surface area contributed by atoms with Gasteiger partial charge in [-0.2, -0.15) is 0 Å². The van der Waals surface area contributed by atoms with Gasteiger partial charge in [-0.1, -0.05) is 6.07 Å². The zero-order valence-electron chi connectivity index (χ0n) is 11.4. The van der Waals surface area contributed by atoms with Gasteiger partial charge >= 0.3 is 5.97 Å². The van der Waals surface area contributed by atoms with Gasteiger partial charge in [0.25, 0.3) is 0 Å². The molecular weight excluding hydrogens is 288 g/mol. The standard InChI is InChI=1S/C15H14N2O3S/c1-16-11-9-10(3-4-12(11)17(2)7-8-18)13-5-6-14(21-13)15(19)20/h3-6,9,18H,7-8H2,2H3,(H,19,20). The summed E-state index contributed by atoms with van der Waals surface area (Å²) in [6.45, 7) is 7.75. The lowest BCUT2D eigenvalue weighted by Crippen LogP contribution is -2.21. The van der Waals surface area contributed by atoms with Gasteiger partial charge in [0, 0.05) is 24.2 Å². The first kappa shape index (κ1) is 15.0. The highest BCUT2D eigenvalue weighted by Gasteiger charge is 2.12. The molecule has 0 fully saturated rings. The van der Waals surface area contributed by atoms with Crippen LogP contribution in [0.4, 0.5) is 11.4 Å². The SMILES string of the molecule is [C-]#[N+]c1cc(-c2ccc(C(=O)O)s2)ccc1N(C)CCO. The zero-order chi connectivity index (χ0) is 15.4. The molecule has 2 rings (SSSR count). The van der Waals surface area contributed by atoms with Crippen LogP contribution in [0.25, 0.3) is 15.3 Å². The molecule has 0 aliphatic heterocycles. The molecule has 2 N–H and O–H groups in total. The Morgan fingerprint density at radius 3 is 2.71 bits per heavy atom. The van der Waals surface area contributed by atoms with Crippen LogP contribution >= 0.6 is 11.3 Å². The Morgan fingerprint density at radius 1 is 1.38 bits per heavy atom. The molecule has 21 heavy (non-hydrogen) atoms. The Balaban J connectivity index is 2.38. The van der Waals surface area contributed by atoms with Gasteiger partial charge in [0.15, 0.2) is 0 Å². The maximum absolute atomic E-state index is 10.9. The molecule has 0 spiro atoms. The van der Waals surface area contributed by atoms with E-state index < -0.39 is 5.97 Å². The smallest absolute Gasteiger partial charge is 0.345 e. The second kappa shape index (κ2) is 6.39. The summed E-state index contributed by atoms with van der Waals surface area (Å²) in [5.41, 5.74) is 2.05. The second-order valence-electron chi connectivity index (χ2n) is 4.43. The Kier molecular flexibility index (Phi) is 4.58. The maximum atomic E-state index is 10.9. The van der Waals surface area contributed by atoms with Crippen LogP contribution in [0, 0.1) is 6.57 Å². The summed E-state index contributed by atoms with van der Waals surface area (Å²) in [5, 5.41) is 17.9. The summed E-state index contributed by atoms with van der Waals surface area (Å²) in [7, 11) is 1.81. The van der Waals surface area contributed by atoms with E-state index in [1.807, 2.05) is 24.1 Å². The normalized spacial score (nSPS) is 10.1. The van der Waals surface area contributed by atoms with Crippen molar-refractivity contribution < 1.29 is 15.0 Å². The van der Waals surface area contributed by atoms with Gasteiger partial charge in [-0.15, -0.1) is 11.3 Å². The van der Waals surface area contributed by atoms with Crippen molar-refractivity contribution in [1.82, 2.24) is 0 Å². The van der Waals surface area contributed by atoms with E-state index >= 15 is 0 Å². The third-order valence-corrected chi connectivity index (χ3v) is 4.17. The Morgan fingerprint density at radius 2 is 2.14 bits per heavy atom. The lowest BCUT2D eigenvalue weighted by molar-refractivity contribution is 0.0702. The van der Waals surface area contributed by atoms with Crippen LogP contribution in [0.1, 0.15) is 9.67 Å². The van der Waals surface area contributed by atoms with Crippen molar-refractivity contribution in [2.45, 2.75) is 0 Å². The zero-order valence-corrected chi connectivity index (χ0v) is 12.2. The number of carbonyl (C=O) groups is 1. The van der Waals surface area contributed by atoms with Crippen molar-refractivity contribution in [3.05, 3.63) is 46.6 Å². The number of aliphatic hydroxyl groups is 1. The predicted octanol–water partition coefficient (Wildman–Crippen LogP) is 3.09. The van der Waals surface area contributed by atoms with Gasteiger partial charge in [-0.3, -0.25) is 0 Å². The van der Waals surface area contributed by atoms with Gasteiger partial charge in [-0.05, 0) is 29.8 Å². The highest BCUT2D eigenvalue weighted by Crippen LogP contribution is 2.35. The summed E-state index contributed by atoms with van der Waals surface area (Å²) >= 11 is 1.18. The van der Waals surface area contributed by atoms with Crippen molar-refractivity contribution >= 4 is 28.7 Å². The van der Waals surface area contributed by atoms with Crippen molar-refractivity contribution in [3.8, 4) is 10.4 Å². The minimum Gasteiger partial charge on any atom is -0.477 e. The van der Waals surface area contributed by atoms with E-state index in [0.717, 1.165) is 16.1 Å². The minimum absolute atomic E-state index is 0.0165. The van der Waals surface area contributed by atoms with Crippen LogP contribution in [-0.2, 0) is 0 Å². The molecule has 108 valence electrons. The Labute approximate surface area is 126 Å². The van der Waals surface area contributed by atoms with Gasteiger partial charge in [-0.25, -0.2) is 9.64 Å². The van der Waals surface area contributed by atoms with Crippen molar-refractivity contribution in [3.63, 3.8) is 0 Å². The van der Waals surface area contributed by atoms with Crippen LogP contribution in [-0.4, -0.2) is 36.4 Å². The third-order valence-electron chi connectivity index (χ3n) is 3.04. The summed E-state index contributed by atoms with van der Waals surface area (Å²) < 4.78 is 0. The minimum atomic E-state index is -0.948. The molecule has 0 radical (unpaired) electrons. The average Bonchev–Trinajstić information content (AvgIpc) is 2.97. The van der Waals surface area contributed by atoms with Crippen molar-refractivity contribution in [2.75, 3.05) is 25.1 Å². The fourth-order valence-electron chi connectivity index (χ4n) is 1.97. The van der Waals surface area contributed by atoms with Gasteiger partial charge in [0.1, 0.15) is 4.88 Å². The molecule has 5 nitrogen and oxygen atoms in total. The number of rotatable bonds is 5. The van der Waals surface area contributed by atoms with E-state index in [-0.39, 0.29) is 11.5 Å². The number of likely N-dealkylation sites (N-methyl/N-ethyl adjacent to an activating group) is 1. The monoisotopic (exact) mass is 302 g/mol. The molecule has 0 amide bonds. The largest absolute Gasteiger partial charge is 0.477 e. The van der Waals surface area contributed by atoms with Crippen LogP contribution in [0.15, 0.2) is 30.3 Å². The fraction of sp³-hybridized carbons (Fsp3) is 0.200. The number of hydrogen-bond acceptors (Lipinski definition) is 4. The number of anilines is 1. The number of benzene rings is 1. The van der Waals surface area contributed by atoms with E-state index in [0.29, 0.717) is 12.2 Å². The number of carboxylic acid groups (broad SMARTS) is 1. The Bertz CT molecular complexity index is 703. The highest BCUT2D eigenvalue weighted by atomic mass is 32.1. The number of carboxylic acids is 1. The summed E-state index contributed by atoms with van der Waals surface area (Å²) in [5.74, 6) is -0.948. The lowest BCUT2D eigenvalue weighted by atomic mass is 10.1. The van der Waals surface area contributed by atoms with Gasteiger partial charge < -0.3 is 15.1 Å². The van der Waals surface area contributed by atoms with E-state index in [4.69, 9.17) is 16.8 Å². The first-order valence-electron chi connectivity index (χ1n) is 6.24.